The maximum atomic E-state index is 12.8. The Kier molecular flexibility index (Phi) is 34.0. The van der Waals surface area contributed by atoms with Crippen molar-refractivity contribution in [2.24, 2.45) is 0 Å². The summed E-state index contributed by atoms with van der Waals surface area (Å²) >= 11 is 0. The molecule has 1 unspecified atom stereocenters. The molecule has 3 N–H and O–H groups in total. The zero-order valence-electron chi connectivity index (χ0n) is 34.1. The molecule has 0 aromatic heterocycles. The van der Waals surface area contributed by atoms with Gasteiger partial charge in [-0.2, -0.15) is 0 Å². The van der Waals surface area contributed by atoms with Gasteiger partial charge in [0.1, 0.15) is 13.2 Å². The minimum Gasteiger partial charge on any atom is -0.387 e. The molecule has 0 heterocycles. The van der Waals surface area contributed by atoms with Crippen molar-refractivity contribution in [1.29, 1.82) is 0 Å². The van der Waals surface area contributed by atoms with E-state index in [-0.39, 0.29) is 19.1 Å². The zero-order valence-corrected chi connectivity index (χ0v) is 35.0. The topological polar surface area (TPSA) is 105 Å². The molecule has 8 nitrogen and oxygen atoms in total. The summed E-state index contributed by atoms with van der Waals surface area (Å²) in [4.78, 5) is 23.0. The number of phosphoric acid groups is 1. The number of rotatable bonds is 38. The summed E-state index contributed by atoms with van der Waals surface area (Å²) in [7, 11) is 1.55. The Labute approximate surface area is 315 Å². The van der Waals surface area contributed by atoms with Crippen molar-refractivity contribution >= 4 is 13.7 Å². The number of nitrogens with one attached hydrogen (secondary N) is 1. The Morgan fingerprint density at radius 1 is 0.667 bits per heavy atom. The maximum Gasteiger partial charge on any atom is 0.472 e. The van der Waals surface area contributed by atoms with Gasteiger partial charge in [0.25, 0.3) is 0 Å². The predicted molar refractivity (Wildman–Crippen MR) is 217 cm³/mol. The van der Waals surface area contributed by atoms with Gasteiger partial charge in [-0.05, 0) is 19.3 Å². The molecule has 9 heteroatoms. The number of aliphatic hydroxyl groups is 1. The quantitative estimate of drug-likeness (QED) is 0.0252. The summed E-state index contributed by atoms with van der Waals surface area (Å²) in [5, 5.41) is 13.7. The first-order chi connectivity index (χ1) is 24.5. The fourth-order valence-electron chi connectivity index (χ4n) is 6.04. The smallest absolute Gasteiger partial charge is 0.387 e. The van der Waals surface area contributed by atoms with Gasteiger partial charge in [-0.15, -0.1) is 0 Å². The molecule has 51 heavy (non-hydrogen) atoms. The number of amides is 1. The summed E-state index contributed by atoms with van der Waals surface area (Å²) in [5.41, 5.74) is 0. The molecule has 0 saturated carbocycles. The molecular weight excluding hydrogens is 659 g/mol. The molecule has 0 aromatic rings. The Balaban J connectivity index is 4.29. The fraction of sp³-hybridized carbons (Fsp3) is 0.881. The lowest BCUT2D eigenvalue weighted by Gasteiger charge is -2.25. The number of quaternary nitrogens is 1. The van der Waals surface area contributed by atoms with E-state index in [0.29, 0.717) is 17.4 Å². The highest BCUT2D eigenvalue weighted by Crippen LogP contribution is 2.43. The van der Waals surface area contributed by atoms with Gasteiger partial charge in [-0.3, -0.25) is 13.8 Å². The number of carbonyl (C=O) groups is 1. The van der Waals surface area contributed by atoms with E-state index in [1.165, 1.54) is 135 Å². The van der Waals surface area contributed by atoms with Crippen LogP contribution in [0, 0.1) is 0 Å². The number of hydrogen-bond donors (Lipinski definition) is 3. The summed E-state index contributed by atoms with van der Waals surface area (Å²) in [6.07, 6.45) is 39.8. The Morgan fingerprint density at radius 2 is 1.10 bits per heavy atom. The Bertz CT molecular complexity index is 891. The van der Waals surface area contributed by atoms with Crippen LogP contribution in [0.15, 0.2) is 24.3 Å². The van der Waals surface area contributed by atoms with Crippen LogP contribution < -0.4 is 5.32 Å². The number of nitrogens with zero attached hydrogens (tertiary/aromatic N) is 1. The van der Waals surface area contributed by atoms with Crippen molar-refractivity contribution in [3.05, 3.63) is 24.3 Å². The number of hydrogen-bond acceptors (Lipinski definition) is 5. The van der Waals surface area contributed by atoms with Gasteiger partial charge in [0.05, 0.1) is 39.9 Å². The van der Waals surface area contributed by atoms with Crippen molar-refractivity contribution in [3.8, 4) is 0 Å². The number of likely N-dealkylation sites (N-methyl/N-ethyl adjacent to an activating group) is 1. The third kappa shape index (κ3) is 37.1. The molecule has 0 radical (unpaired) electrons. The van der Waals surface area contributed by atoms with Crippen LogP contribution in [0.5, 0.6) is 0 Å². The first kappa shape index (κ1) is 50.0. The van der Waals surface area contributed by atoms with Crippen molar-refractivity contribution < 1.29 is 32.9 Å². The second-order valence-corrected chi connectivity index (χ2v) is 17.2. The van der Waals surface area contributed by atoms with E-state index < -0.39 is 20.0 Å². The van der Waals surface area contributed by atoms with E-state index in [0.717, 1.165) is 32.1 Å². The van der Waals surface area contributed by atoms with Gasteiger partial charge in [0, 0.05) is 6.42 Å². The highest BCUT2D eigenvalue weighted by molar-refractivity contribution is 7.47. The first-order valence-corrected chi connectivity index (χ1v) is 22.7. The molecule has 0 spiro atoms. The summed E-state index contributed by atoms with van der Waals surface area (Å²) in [6.45, 7) is 4.74. The van der Waals surface area contributed by atoms with Crippen molar-refractivity contribution in [1.82, 2.24) is 5.32 Å². The van der Waals surface area contributed by atoms with Gasteiger partial charge in [0.2, 0.25) is 5.91 Å². The van der Waals surface area contributed by atoms with Crippen LogP contribution in [0.25, 0.3) is 0 Å². The first-order valence-electron chi connectivity index (χ1n) is 21.2. The molecule has 302 valence electrons. The lowest BCUT2D eigenvalue weighted by Crippen LogP contribution is -2.45. The van der Waals surface area contributed by atoms with Gasteiger partial charge < -0.3 is 19.8 Å². The van der Waals surface area contributed by atoms with Gasteiger partial charge in [-0.1, -0.05) is 186 Å². The van der Waals surface area contributed by atoms with Crippen molar-refractivity contribution in [2.75, 3.05) is 40.9 Å². The van der Waals surface area contributed by atoms with Gasteiger partial charge >= 0.3 is 7.82 Å². The Hall–Kier alpha value is -1.02. The molecule has 0 aromatic carbocycles. The normalized spacial score (nSPS) is 14.7. The summed E-state index contributed by atoms with van der Waals surface area (Å²) in [5.74, 6) is -0.195. The number of aliphatic hydroxyl groups excluding tert-OH is 1. The van der Waals surface area contributed by atoms with E-state index in [9.17, 15) is 19.4 Å². The molecule has 0 aliphatic carbocycles. The fourth-order valence-corrected chi connectivity index (χ4v) is 6.78. The maximum absolute atomic E-state index is 12.8. The van der Waals surface area contributed by atoms with E-state index >= 15 is 0 Å². The van der Waals surface area contributed by atoms with Crippen molar-refractivity contribution in [2.45, 2.75) is 199 Å². The highest BCUT2D eigenvalue weighted by Gasteiger charge is 2.27. The monoisotopic (exact) mass is 744 g/mol. The second-order valence-electron chi connectivity index (χ2n) is 15.8. The van der Waals surface area contributed by atoms with E-state index in [2.05, 4.69) is 25.2 Å². The summed E-state index contributed by atoms with van der Waals surface area (Å²) in [6, 6.07) is -0.872. The minimum atomic E-state index is -4.34. The van der Waals surface area contributed by atoms with Crippen molar-refractivity contribution in [3.63, 3.8) is 0 Å². The van der Waals surface area contributed by atoms with Crippen LogP contribution >= 0.6 is 7.82 Å². The average molecular weight is 744 g/mol. The third-order valence-corrected chi connectivity index (χ3v) is 10.5. The molecule has 0 saturated heterocycles. The molecule has 0 fully saturated rings. The minimum absolute atomic E-state index is 0.0550. The van der Waals surface area contributed by atoms with Crippen LogP contribution in [0.2, 0.25) is 0 Å². The van der Waals surface area contributed by atoms with Crippen LogP contribution in [-0.4, -0.2) is 73.4 Å². The summed E-state index contributed by atoms with van der Waals surface area (Å²) < 4.78 is 23.4. The molecule has 0 rings (SSSR count). The van der Waals surface area contributed by atoms with Gasteiger partial charge in [-0.25, -0.2) is 4.57 Å². The zero-order chi connectivity index (χ0) is 37.9. The van der Waals surface area contributed by atoms with Crippen LogP contribution in [0.1, 0.15) is 187 Å². The average Bonchev–Trinajstić information content (AvgIpc) is 3.07. The molecular formula is C42H84N2O6P+. The number of allylic oxidation sites excluding steroid dienone is 3. The lowest BCUT2D eigenvalue weighted by atomic mass is 10.0. The number of carbonyl (C=O) groups excluding carboxylic acids is 1. The predicted octanol–water partition coefficient (Wildman–Crippen LogP) is 11.4. The largest absolute Gasteiger partial charge is 0.472 e. The van der Waals surface area contributed by atoms with Crippen LogP contribution in [0.3, 0.4) is 0 Å². The molecule has 0 aliphatic rings. The van der Waals surface area contributed by atoms with E-state index in [4.69, 9.17) is 9.05 Å². The van der Waals surface area contributed by atoms with E-state index in [1.54, 1.807) is 12.2 Å². The highest BCUT2D eigenvalue weighted by atomic mass is 31.2. The lowest BCUT2D eigenvalue weighted by molar-refractivity contribution is -0.870. The van der Waals surface area contributed by atoms with E-state index in [1.807, 2.05) is 27.2 Å². The Morgan fingerprint density at radius 3 is 1.55 bits per heavy atom. The molecule has 0 bridgehead atoms. The standard InChI is InChI=1S/C42H83N2O6P/c1-6-8-10-12-14-16-17-18-19-20-21-22-23-24-25-26-28-30-32-34-36-42(46)43-40(39-50-51(47,48)49-38-37-44(3,4)5)41(45)35-33-31-29-27-15-13-11-9-7-2/h29,31,33,35,40-41,45H,6-28,30,32,34,36-39H2,1-5H3,(H-,43,46,47,48)/p+1/b31-29+,35-33+/t40-,41+/m0/s1. The molecule has 0 aliphatic heterocycles. The van der Waals surface area contributed by atoms with Crippen LogP contribution in [-0.2, 0) is 18.4 Å². The number of phosphoric ester groups is 1. The molecule has 3 atom stereocenters. The number of unbranched alkanes of at least 4 members (excludes halogenated alkanes) is 24. The van der Waals surface area contributed by atoms with Crippen LogP contribution in [0.4, 0.5) is 0 Å². The third-order valence-electron chi connectivity index (χ3n) is 9.48. The van der Waals surface area contributed by atoms with Gasteiger partial charge in [0.15, 0.2) is 0 Å². The second kappa shape index (κ2) is 34.7. The molecule has 1 amide bonds. The SMILES string of the molecule is CCCCCCC/C=C/C=C/[C@@H](O)[C@H](COP(=O)(O)OCC[N+](C)(C)C)NC(=O)CCCCCCCCCCCCCCCCCCCCCC.